The molecule has 60 valence electrons. The molecule has 11 heavy (non-hydrogen) atoms. The molecule has 0 amide bonds. The van der Waals surface area contributed by atoms with Gasteiger partial charge in [-0.1, -0.05) is 0 Å². The number of aromatic nitrogens is 2. The minimum atomic E-state index is -0.876. The Kier molecular flexibility index (Phi) is 2.17. The van der Waals surface area contributed by atoms with Gasteiger partial charge in [0, 0.05) is 12.4 Å². The molecule has 1 aliphatic heterocycles. The van der Waals surface area contributed by atoms with E-state index in [4.69, 9.17) is 9.05 Å². The third-order valence-electron chi connectivity index (χ3n) is 1.37. The van der Waals surface area contributed by atoms with Gasteiger partial charge in [-0.25, -0.2) is 4.98 Å². The van der Waals surface area contributed by atoms with Crippen LogP contribution < -0.4 is 0 Å². The van der Waals surface area contributed by atoms with Crippen LogP contribution >= 0.6 is 8.53 Å². The molecule has 0 aromatic carbocycles. The lowest BCUT2D eigenvalue weighted by Crippen LogP contribution is -2.08. The van der Waals surface area contributed by atoms with Crippen LogP contribution in [0, 0.1) is 0 Å². The summed E-state index contributed by atoms with van der Waals surface area (Å²) in [6.07, 6.45) is 6.30. The molecule has 0 radical (unpaired) electrons. The van der Waals surface area contributed by atoms with Crippen molar-refractivity contribution in [3.63, 3.8) is 0 Å². The van der Waals surface area contributed by atoms with Crippen molar-refractivity contribution in [3.8, 4) is 0 Å². The minimum Gasteiger partial charge on any atom is -0.317 e. The lowest BCUT2D eigenvalue weighted by molar-refractivity contribution is 0.177. The Balaban J connectivity index is 2.04. The highest BCUT2D eigenvalue weighted by Gasteiger charge is 2.16. The summed E-state index contributed by atoms with van der Waals surface area (Å²) in [6, 6.07) is 0. The van der Waals surface area contributed by atoms with Gasteiger partial charge in [-0.2, -0.15) is 0 Å². The lowest BCUT2D eigenvalue weighted by Gasteiger charge is -2.21. The van der Waals surface area contributed by atoms with E-state index in [1.54, 1.807) is 12.5 Å². The third-order valence-corrected chi connectivity index (χ3v) is 2.79. The average Bonchev–Trinajstić information content (AvgIpc) is 2.58. The molecule has 1 saturated heterocycles. The molecule has 1 aromatic heterocycles. The Morgan fingerprint density at radius 3 is 2.82 bits per heavy atom. The Labute approximate surface area is 66.1 Å². The van der Waals surface area contributed by atoms with Crippen molar-refractivity contribution < 1.29 is 9.05 Å². The van der Waals surface area contributed by atoms with Crippen LogP contribution in [0.1, 0.15) is 6.42 Å². The Bertz CT molecular complexity index is 208. The summed E-state index contributed by atoms with van der Waals surface area (Å²) in [7, 11) is -0.876. The van der Waals surface area contributed by atoms with Crippen molar-refractivity contribution in [1.29, 1.82) is 0 Å². The van der Waals surface area contributed by atoms with Gasteiger partial charge < -0.3 is 9.05 Å². The van der Waals surface area contributed by atoms with Crippen molar-refractivity contribution >= 4 is 8.53 Å². The van der Waals surface area contributed by atoms with Crippen molar-refractivity contribution in [1.82, 2.24) is 9.32 Å². The molecule has 0 aliphatic carbocycles. The van der Waals surface area contributed by atoms with Gasteiger partial charge in [0.15, 0.2) is 0 Å². The summed E-state index contributed by atoms with van der Waals surface area (Å²) in [6.45, 7) is 1.59. The number of hydrogen-bond acceptors (Lipinski definition) is 3. The predicted octanol–water partition coefficient (Wildman–Crippen LogP) is 1.39. The van der Waals surface area contributed by atoms with E-state index in [9.17, 15) is 0 Å². The maximum absolute atomic E-state index is 5.39. The van der Waals surface area contributed by atoms with Crippen molar-refractivity contribution in [2.75, 3.05) is 13.2 Å². The molecule has 0 spiro atoms. The molecule has 0 saturated carbocycles. The summed E-state index contributed by atoms with van der Waals surface area (Å²) < 4.78 is 12.6. The number of hydrogen-bond donors (Lipinski definition) is 0. The molecular weight excluding hydrogens is 163 g/mol. The Hall–Kier alpha value is -0.440. The van der Waals surface area contributed by atoms with E-state index in [0.29, 0.717) is 0 Å². The number of nitrogens with zero attached hydrogens (tertiary/aromatic N) is 2. The van der Waals surface area contributed by atoms with Gasteiger partial charge in [0.25, 0.3) is 8.53 Å². The Morgan fingerprint density at radius 2 is 2.18 bits per heavy atom. The molecule has 1 fully saturated rings. The van der Waals surface area contributed by atoms with Gasteiger partial charge in [0.2, 0.25) is 0 Å². The van der Waals surface area contributed by atoms with Crippen LogP contribution in [-0.4, -0.2) is 22.5 Å². The van der Waals surface area contributed by atoms with Gasteiger partial charge >= 0.3 is 0 Å². The largest absolute Gasteiger partial charge is 0.317 e. The van der Waals surface area contributed by atoms with Crippen LogP contribution in [0.15, 0.2) is 18.7 Å². The van der Waals surface area contributed by atoms with Gasteiger partial charge in [-0.15, -0.1) is 0 Å². The fourth-order valence-electron chi connectivity index (χ4n) is 0.863. The topological polar surface area (TPSA) is 36.3 Å². The van der Waals surface area contributed by atoms with Crippen LogP contribution in [0.3, 0.4) is 0 Å². The normalized spacial score (nSPS) is 20.4. The Morgan fingerprint density at radius 1 is 1.36 bits per heavy atom. The maximum atomic E-state index is 5.39. The zero-order valence-corrected chi connectivity index (χ0v) is 6.91. The van der Waals surface area contributed by atoms with E-state index < -0.39 is 8.53 Å². The minimum absolute atomic E-state index is 0.796. The molecule has 2 heterocycles. The third kappa shape index (κ3) is 1.59. The molecule has 1 aliphatic rings. The van der Waals surface area contributed by atoms with E-state index in [-0.39, 0.29) is 0 Å². The highest BCUT2D eigenvalue weighted by molar-refractivity contribution is 7.45. The van der Waals surface area contributed by atoms with Gasteiger partial charge in [-0.05, 0) is 6.42 Å². The standard InChI is InChI=1S/C6H9N2O2P/c1-4-9-11(10-5-1)8-3-2-7-6-8/h2-3,6H,1,4-5H2. The second-order valence-corrected chi connectivity index (χ2v) is 3.65. The quantitative estimate of drug-likeness (QED) is 0.600. The van der Waals surface area contributed by atoms with Gasteiger partial charge in [-0.3, -0.25) is 4.34 Å². The summed E-state index contributed by atoms with van der Waals surface area (Å²) >= 11 is 0. The highest BCUT2D eigenvalue weighted by atomic mass is 31.2. The van der Waals surface area contributed by atoms with E-state index >= 15 is 0 Å². The van der Waals surface area contributed by atoms with Crippen molar-refractivity contribution in [3.05, 3.63) is 18.7 Å². The van der Waals surface area contributed by atoms with Crippen LogP contribution in [-0.2, 0) is 9.05 Å². The molecule has 4 nitrogen and oxygen atoms in total. The molecule has 2 rings (SSSR count). The van der Waals surface area contributed by atoms with Crippen LogP contribution in [0.4, 0.5) is 0 Å². The van der Waals surface area contributed by atoms with E-state index in [2.05, 4.69) is 4.98 Å². The van der Waals surface area contributed by atoms with E-state index in [1.807, 2.05) is 10.5 Å². The first-order valence-electron chi connectivity index (χ1n) is 3.51. The fraction of sp³-hybridized carbons (Fsp3) is 0.500. The zero-order chi connectivity index (χ0) is 7.52. The van der Waals surface area contributed by atoms with Crippen LogP contribution in [0.25, 0.3) is 0 Å². The summed E-state index contributed by atoms with van der Waals surface area (Å²) in [5, 5.41) is 0. The van der Waals surface area contributed by atoms with Crippen molar-refractivity contribution in [2.45, 2.75) is 6.42 Å². The summed E-state index contributed by atoms with van der Waals surface area (Å²) in [5.41, 5.74) is 0. The number of imidazole rings is 1. The summed E-state index contributed by atoms with van der Waals surface area (Å²) in [5.74, 6) is 0. The first-order chi connectivity index (χ1) is 5.47. The van der Waals surface area contributed by atoms with E-state index in [0.717, 1.165) is 19.6 Å². The zero-order valence-electron chi connectivity index (χ0n) is 6.01. The fourth-order valence-corrected chi connectivity index (χ4v) is 2.09. The monoisotopic (exact) mass is 172 g/mol. The highest BCUT2D eigenvalue weighted by Crippen LogP contribution is 2.41. The van der Waals surface area contributed by atoms with Gasteiger partial charge in [0.1, 0.15) is 6.33 Å². The first kappa shape index (κ1) is 7.22. The second-order valence-electron chi connectivity index (χ2n) is 2.20. The molecule has 1 aromatic rings. The summed E-state index contributed by atoms with van der Waals surface area (Å²) in [4.78, 5) is 3.92. The van der Waals surface area contributed by atoms with Crippen LogP contribution in [0.5, 0.6) is 0 Å². The molecular formula is C6H9N2O2P. The number of rotatable bonds is 1. The second kappa shape index (κ2) is 3.30. The van der Waals surface area contributed by atoms with Gasteiger partial charge in [0.05, 0.1) is 13.2 Å². The smallest absolute Gasteiger partial charge is 0.295 e. The molecule has 5 heteroatoms. The first-order valence-corrected chi connectivity index (χ1v) is 4.64. The van der Waals surface area contributed by atoms with E-state index in [1.165, 1.54) is 0 Å². The van der Waals surface area contributed by atoms with Crippen LogP contribution in [0.2, 0.25) is 0 Å². The maximum Gasteiger partial charge on any atom is 0.295 e. The molecule has 0 bridgehead atoms. The SMILES string of the molecule is c1cn(P2OCCCO2)cn1. The predicted molar refractivity (Wildman–Crippen MR) is 41.1 cm³/mol. The molecule has 0 unspecified atom stereocenters. The average molecular weight is 172 g/mol. The molecule has 0 atom stereocenters. The lowest BCUT2D eigenvalue weighted by atomic mass is 10.5. The molecule has 0 N–H and O–H groups in total. The van der Waals surface area contributed by atoms with Crippen molar-refractivity contribution in [2.24, 2.45) is 0 Å².